The maximum atomic E-state index is 12.2. The molecule has 1 aromatic carbocycles. The van der Waals surface area contributed by atoms with E-state index in [1.807, 2.05) is 25.2 Å². The minimum Gasteiger partial charge on any atom is -0.337 e. The van der Waals surface area contributed by atoms with Gasteiger partial charge in [-0.25, -0.2) is 0 Å². The monoisotopic (exact) mass is 237 g/mol. The Kier molecular flexibility index (Phi) is 4.03. The van der Waals surface area contributed by atoms with Gasteiger partial charge in [0.15, 0.2) is 0 Å². The molecule has 2 nitrogen and oxygen atoms in total. The summed E-state index contributed by atoms with van der Waals surface area (Å²) in [4.78, 5) is 14.8. The summed E-state index contributed by atoms with van der Waals surface area (Å²) in [5.41, 5.74) is 0.570. The van der Waals surface area contributed by atoms with Crippen LogP contribution < -0.4 is 0 Å². The molecule has 0 atom stereocenters. The van der Waals surface area contributed by atoms with Crippen LogP contribution in [0.15, 0.2) is 29.2 Å². The Morgan fingerprint density at radius 3 is 2.56 bits per heavy atom. The van der Waals surface area contributed by atoms with Crippen LogP contribution in [-0.2, 0) is 0 Å². The fourth-order valence-electron chi connectivity index (χ4n) is 1.34. The molecule has 0 aromatic heterocycles. The number of hydrogen-bond acceptors (Lipinski definition) is 2. The fraction of sp³-hybridized carbons (Fsp3) is 0.462. The standard InChI is InChI=1S/C13H19NOS/c1-5-13(2,3)14(4)12(15)10-7-6-8-11(16)9-10/h6-9,16H,5H2,1-4H3. The molecule has 3 heteroatoms. The molecule has 0 heterocycles. The third kappa shape index (κ3) is 2.79. The van der Waals surface area contributed by atoms with Crippen LogP contribution in [0.3, 0.4) is 0 Å². The molecule has 0 aliphatic rings. The average Bonchev–Trinajstić information content (AvgIpc) is 2.27. The lowest BCUT2D eigenvalue weighted by Gasteiger charge is -2.35. The van der Waals surface area contributed by atoms with Crippen LogP contribution >= 0.6 is 12.6 Å². The van der Waals surface area contributed by atoms with E-state index in [2.05, 4.69) is 33.4 Å². The van der Waals surface area contributed by atoms with E-state index in [-0.39, 0.29) is 11.4 Å². The van der Waals surface area contributed by atoms with Gasteiger partial charge in [-0.05, 0) is 38.5 Å². The normalized spacial score (nSPS) is 11.3. The molecule has 0 saturated heterocycles. The second kappa shape index (κ2) is 4.91. The van der Waals surface area contributed by atoms with Crippen molar-refractivity contribution in [2.75, 3.05) is 7.05 Å². The maximum Gasteiger partial charge on any atom is 0.254 e. The van der Waals surface area contributed by atoms with Crippen LogP contribution in [0.1, 0.15) is 37.6 Å². The SMILES string of the molecule is CCC(C)(C)N(C)C(=O)c1cccc(S)c1. The van der Waals surface area contributed by atoms with Gasteiger partial charge in [-0.1, -0.05) is 13.0 Å². The van der Waals surface area contributed by atoms with Crippen molar-refractivity contribution in [3.63, 3.8) is 0 Å². The number of carbonyl (C=O) groups excluding carboxylic acids is 1. The minimum absolute atomic E-state index is 0.0442. The van der Waals surface area contributed by atoms with Gasteiger partial charge in [0.05, 0.1) is 0 Å². The highest BCUT2D eigenvalue weighted by Crippen LogP contribution is 2.20. The van der Waals surface area contributed by atoms with Crippen LogP contribution in [-0.4, -0.2) is 23.4 Å². The Balaban J connectivity index is 2.95. The van der Waals surface area contributed by atoms with Gasteiger partial charge in [-0.3, -0.25) is 4.79 Å². The quantitative estimate of drug-likeness (QED) is 0.800. The van der Waals surface area contributed by atoms with Crippen molar-refractivity contribution in [3.05, 3.63) is 29.8 Å². The Labute approximate surface area is 103 Å². The van der Waals surface area contributed by atoms with Crippen molar-refractivity contribution in [1.29, 1.82) is 0 Å². The van der Waals surface area contributed by atoms with Crippen LogP contribution in [0.4, 0.5) is 0 Å². The van der Waals surface area contributed by atoms with Crippen molar-refractivity contribution in [1.82, 2.24) is 4.90 Å². The molecular weight excluding hydrogens is 218 g/mol. The largest absolute Gasteiger partial charge is 0.337 e. The lowest BCUT2D eigenvalue weighted by atomic mass is 9.99. The highest BCUT2D eigenvalue weighted by atomic mass is 32.1. The molecule has 0 saturated carbocycles. The molecule has 1 rings (SSSR count). The van der Waals surface area contributed by atoms with Gasteiger partial charge >= 0.3 is 0 Å². The highest BCUT2D eigenvalue weighted by Gasteiger charge is 2.26. The molecule has 0 spiro atoms. The zero-order valence-corrected chi connectivity index (χ0v) is 11.2. The first-order valence-corrected chi connectivity index (χ1v) is 5.90. The van der Waals surface area contributed by atoms with Gasteiger partial charge in [0.25, 0.3) is 5.91 Å². The zero-order valence-electron chi connectivity index (χ0n) is 10.3. The average molecular weight is 237 g/mol. The van der Waals surface area contributed by atoms with Crippen molar-refractivity contribution in [3.8, 4) is 0 Å². The first-order valence-electron chi connectivity index (χ1n) is 5.45. The second-order valence-electron chi connectivity index (χ2n) is 4.58. The van der Waals surface area contributed by atoms with E-state index in [1.54, 1.807) is 11.0 Å². The summed E-state index contributed by atoms with van der Waals surface area (Å²) in [6.07, 6.45) is 0.926. The summed E-state index contributed by atoms with van der Waals surface area (Å²) in [5, 5.41) is 0. The predicted molar refractivity (Wildman–Crippen MR) is 70.2 cm³/mol. The first kappa shape index (κ1) is 13.1. The van der Waals surface area contributed by atoms with Crippen molar-refractivity contribution in [2.45, 2.75) is 37.6 Å². The Morgan fingerprint density at radius 1 is 1.44 bits per heavy atom. The van der Waals surface area contributed by atoms with E-state index in [0.29, 0.717) is 5.56 Å². The van der Waals surface area contributed by atoms with Crippen LogP contribution in [0.25, 0.3) is 0 Å². The Hall–Kier alpha value is -0.960. The molecular formula is C13H19NOS. The Bertz CT molecular complexity index is 387. The van der Waals surface area contributed by atoms with Crippen LogP contribution in [0.5, 0.6) is 0 Å². The summed E-state index contributed by atoms with van der Waals surface area (Å²) in [6.45, 7) is 6.21. The van der Waals surface area contributed by atoms with Crippen molar-refractivity contribution < 1.29 is 4.79 Å². The van der Waals surface area contributed by atoms with Crippen molar-refractivity contribution in [2.24, 2.45) is 0 Å². The van der Waals surface area contributed by atoms with Gasteiger partial charge < -0.3 is 4.90 Å². The maximum absolute atomic E-state index is 12.2. The van der Waals surface area contributed by atoms with Gasteiger partial charge in [0.2, 0.25) is 0 Å². The van der Waals surface area contributed by atoms with Gasteiger partial charge in [0, 0.05) is 23.0 Å². The third-order valence-corrected chi connectivity index (χ3v) is 3.45. The molecule has 1 aromatic rings. The molecule has 1 amide bonds. The summed E-state index contributed by atoms with van der Waals surface area (Å²) in [5.74, 6) is 0.0442. The van der Waals surface area contributed by atoms with Gasteiger partial charge in [0.1, 0.15) is 0 Å². The fourth-order valence-corrected chi connectivity index (χ4v) is 1.57. The zero-order chi connectivity index (χ0) is 12.3. The lowest BCUT2D eigenvalue weighted by Crippen LogP contribution is -2.44. The van der Waals surface area contributed by atoms with Crippen molar-refractivity contribution >= 4 is 18.5 Å². The number of thiol groups is 1. The molecule has 0 aliphatic carbocycles. The summed E-state index contributed by atoms with van der Waals surface area (Å²) >= 11 is 4.24. The highest BCUT2D eigenvalue weighted by molar-refractivity contribution is 7.80. The van der Waals surface area contributed by atoms with Gasteiger partial charge in [-0.2, -0.15) is 0 Å². The van der Waals surface area contributed by atoms with E-state index in [0.717, 1.165) is 11.3 Å². The summed E-state index contributed by atoms with van der Waals surface area (Å²) in [6, 6.07) is 7.34. The minimum atomic E-state index is -0.121. The predicted octanol–water partition coefficient (Wildman–Crippen LogP) is 3.24. The lowest BCUT2D eigenvalue weighted by molar-refractivity contribution is 0.0620. The molecule has 0 N–H and O–H groups in total. The molecule has 0 unspecified atom stereocenters. The number of hydrogen-bond donors (Lipinski definition) is 1. The number of amides is 1. The molecule has 0 radical (unpaired) electrons. The number of rotatable bonds is 3. The second-order valence-corrected chi connectivity index (χ2v) is 5.10. The van der Waals surface area contributed by atoms with E-state index in [1.165, 1.54) is 0 Å². The number of benzene rings is 1. The van der Waals surface area contributed by atoms with Crippen LogP contribution in [0, 0.1) is 0 Å². The van der Waals surface area contributed by atoms with E-state index in [4.69, 9.17) is 0 Å². The first-order chi connectivity index (χ1) is 7.38. The van der Waals surface area contributed by atoms with E-state index >= 15 is 0 Å². The topological polar surface area (TPSA) is 20.3 Å². The third-order valence-electron chi connectivity index (χ3n) is 3.17. The molecule has 0 aliphatic heterocycles. The molecule has 0 bridgehead atoms. The molecule has 0 fully saturated rings. The summed E-state index contributed by atoms with van der Waals surface area (Å²) in [7, 11) is 1.84. The summed E-state index contributed by atoms with van der Waals surface area (Å²) < 4.78 is 0. The van der Waals surface area contributed by atoms with E-state index in [9.17, 15) is 4.79 Å². The smallest absolute Gasteiger partial charge is 0.254 e. The number of nitrogens with zero attached hydrogens (tertiary/aromatic N) is 1. The van der Waals surface area contributed by atoms with Gasteiger partial charge in [-0.15, -0.1) is 12.6 Å². The van der Waals surface area contributed by atoms with Crippen LogP contribution in [0.2, 0.25) is 0 Å². The molecule has 16 heavy (non-hydrogen) atoms. The van der Waals surface area contributed by atoms with E-state index < -0.39 is 0 Å². The Morgan fingerprint density at radius 2 is 2.06 bits per heavy atom. The number of carbonyl (C=O) groups is 1. The molecule has 88 valence electrons.